The Morgan fingerprint density at radius 2 is 1.44 bits per heavy atom. The third-order valence-corrected chi connectivity index (χ3v) is 16.1. The number of benzene rings is 5. The fraction of sp³-hybridized carbons (Fsp3) is 0.429. The van der Waals surface area contributed by atoms with Gasteiger partial charge in [-0.15, -0.1) is 11.3 Å². The lowest BCUT2D eigenvalue weighted by molar-refractivity contribution is -0.123. The number of nitriles is 1. The minimum atomic E-state index is -0.347. The molecule has 2 unspecified atom stereocenters. The van der Waals surface area contributed by atoms with Crippen molar-refractivity contribution in [3.63, 3.8) is 0 Å². The van der Waals surface area contributed by atoms with E-state index in [0.29, 0.717) is 87.1 Å². The van der Waals surface area contributed by atoms with Crippen LogP contribution in [0, 0.1) is 24.2 Å². The number of aromatic nitrogens is 2. The van der Waals surface area contributed by atoms with Gasteiger partial charge < -0.3 is 58.9 Å². The Morgan fingerprint density at radius 3 is 2.12 bits per heavy atom. The van der Waals surface area contributed by atoms with E-state index in [0.717, 1.165) is 121 Å². The number of ether oxygens (including phenoxy) is 6. The van der Waals surface area contributed by atoms with E-state index < -0.39 is 0 Å². The number of aliphatic hydroxyl groups is 1. The van der Waals surface area contributed by atoms with E-state index in [1.807, 2.05) is 128 Å². The first-order valence-electron chi connectivity index (χ1n) is 31.1. The monoisotopic (exact) mass is 1230 g/mol. The van der Waals surface area contributed by atoms with Crippen molar-refractivity contribution in [1.82, 2.24) is 24.7 Å². The number of carbonyl (C=O) groups is 3. The van der Waals surface area contributed by atoms with Gasteiger partial charge >= 0.3 is 0 Å². The van der Waals surface area contributed by atoms with Gasteiger partial charge in [-0.3, -0.25) is 19.4 Å². The highest BCUT2D eigenvalue weighted by Crippen LogP contribution is 2.36. The number of para-hydroxylation sites is 1. The van der Waals surface area contributed by atoms with E-state index in [1.54, 1.807) is 36.7 Å². The van der Waals surface area contributed by atoms with Gasteiger partial charge in [0.1, 0.15) is 35.7 Å². The standard InChI is InChI=1S/C50H57N7O6S.C15H17NO3.C3H8.C2H6O/c1-38-50(64-37-54-38)39-12-19-46(53-36-58)48(32-39)62-31-30-60-29-28-59-26-8-3-2-7-20-56-22-24-57(25-23-56)21-9-27-61-44-17-18-45-47(33-44)52-35-40(34-51)49(45)55-41-13-15-43(16-14-41)63-42-10-5-4-6-11-42;17-12-6-5-10(7-12)14(18)9-16-8-11-3-1-2-4-13(11)15(16)19;2*1-3-2/h4-6,10-19,32-33,35-37H,2-3,7-9,20-31H2,1H3,(H,52,55)(H,53,58);1-4,10,12,17H,5-9H2;3H2,1-2H3;1-2H3. The number of nitrogens with one attached hydrogen (secondary N) is 2. The summed E-state index contributed by atoms with van der Waals surface area (Å²) in [7, 11) is 3.25. The maximum Gasteiger partial charge on any atom is 0.254 e. The van der Waals surface area contributed by atoms with Crippen LogP contribution in [-0.4, -0.2) is 154 Å². The van der Waals surface area contributed by atoms with Gasteiger partial charge in [-0.25, -0.2) is 4.98 Å². The zero-order chi connectivity index (χ0) is 63.0. The molecule has 2 aliphatic heterocycles. The Bertz CT molecular complexity index is 3300. The molecule has 19 heteroatoms. The number of unbranched alkanes of at least 4 members (excludes halogenated alkanes) is 3. The number of thiazole rings is 1. The summed E-state index contributed by atoms with van der Waals surface area (Å²) < 4.78 is 33.8. The van der Waals surface area contributed by atoms with E-state index in [-0.39, 0.29) is 30.3 Å². The number of ketones is 1. The number of fused-ring (bicyclic) bond motifs is 2. The van der Waals surface area contributed by atoms with Gasteiger partial charge in [0.05, 0.1) is 77.6 Å². The Labute approximate surface area is 529 Å². The minimum Gasteiger partial charge on any atom is -0.493 e. The molecule has 474 valence electrons. The largest absolute Gasteiger partial charge is 0.493 e. The van der Waals surface area contributed by atoms with Gasteiger partial charge in [-0.2, -0.15) is 5.26 Å². The van der Waals surface area contributed by atoms with Crippen LogP contribution in [-0.2, 0) is 30.3 Å². The van der Waals surface area contributed by atoms with Crippen molar-refractivity contribution in [3.8, 4) is 39.5 Å². The predicted octanol–water partition coefficient (Wildman–Crippen LogP) is 12.8. The van der Waals surface area contributed by atoms with Crippen molar-refractivity contribution in [2.24, 2.45) is 5.92 Å². The van der Waals surface area contributed by atoms with Crippen molar-refractivity contribution in [1.29, 1.82) is 5.26 Å². The fourth-order valence-electron chi connectivity index (χ4n) is 10.6. The van der Waals surface area contributed by atoms with Gasteiger partial charge in [0.25, 0.3) is 5.91 Å². The van der Waals surface area contributed by atoms with Crippen LogP contribution in [0.3, 0.4) is 0 Å². The number of nitrogens with zero attached hydrogens (tertiary/aromatic N) is 6. The van der Waals surface area contributed by atoms with Crippen molar-refractivity contribution >= 4 is 57.4 Å². The molecule has 4 heterocycles. The zero-order valence-electron chi connectivity index (χ0n) is 52.3. The van der Waals surface area contributed by atoms with Gasteiger partial charge in [-0.1, -0.05) is 75.6 Å². The number of aryl methyl sites for hydroxylation is 1. The second-order valence-corrected chi connectivity index (χ2v) is 22.9. The summed E-state index contributed by atoms with van der Waals surface area (Å²) in [4.78, 5) is 52.0. The molecule has 3 N–H and O–H groups in total. The molecular weight excluding hydrogens is 1140 g/mol. The number of methoxy groups -OCH3 is 1. The Morgan fingerprint density at radius 1 is 0.764 bits per heavy atom. The summed E-state index contributed by atoms with van der Waals surface area (Å²) in [6, 6.07) is 38.7. The Balaban J connectivity index is 0.000000374. The average molecular weight is 1230 g/mol. The van der Waals surface area contributed by atoms with Crippen LogP contribution in [0.15, 0.2) is 127 Å². The molecule has 1 saturated carbocycles. The van der Waals surface area contributed by atoms with E-state index >= 15 is 0 Å². The van der Waals surface area contributed by atoms with Crippen LogP contribution in [0.5, 0.6) is 23.0 Å². The van der Waals surface area contributed by atoms with E-state index in [1.165, 1.54) is 25.7 Å². The third-order valence-electron chi connectivity index (χ3n) is 15.1. The lowest BCUT2D eigenvalue weighted by Crippen LogP contribution is -2.46. The number of rotatable bonds is 29. The molecule has 18 nitrogen and oxygen atoms in total. The number of hydrogen-bond donors (Lipinski definition) is 3. The molecule has 1 aliphatic carbocycles. The summed E-state index contributed by atoms with van der Waals surface area (Å²) in [6.45, 7) is 16.7. The van der Waals surface area contributed by atoms with Crippen LogP contribution < -0.4 is 24.8 Å². The molecule has 2 amide bonds. The van der Waals surface area contributed by atoms with Crippen LogP contribution in [0.4, 0.5) is 17.1 Å². The summed E-state index contributed by atoms with van der Waals surface area (Å²) in [6.07, 6.45) is 10.7. The van der Waals surface area contributed by atoms with Crippen LogP contribution in [0.1, 0.15) is 98.8 Å². The highest BCUT2D eigenvalue weighted by molar-refractivity contribution is 7.13. The molecule has 10 rings (SSSR count). The number of pyridine rings is 1. The molecule has 2 aromatic heterocycles. The van der Waals surface area contributed by atoms with E-state index in [2.05, 4.69) is 55.1 Å². The Hall–Kier alpha value is -7.80. The number of hydrogen-bond acceptors (Lipinski definition) is 17. The summed E-state index contributed by atoms with van der Waals surface area (Å²) in [5, 5.41) is 26.3. The number of anilines is 3. The summed E-state index contributed by atoms with van der Waals surface area (Å²) in [5.74, 6) is 2.83. The first kappa shape index (κ1) is 68.7. The van der Waals surface area contributed by atoms with E-state index in [4.69, 9.17) is 23.7 Å². The number of Topliss-reactive ketones (excluding diaryl/α,β-unsaturated/α-hetero) is 1. The normalized spacial score (nSPS) is 15.3. The highest BCUT2D eigenvalue weighted by atomic mass is 32.1. The maximum atomic E-state index is 12.1. The molecule has 0 bridgehead atoms. The molecule has 5 aromatic carbocycles. The first-order valence-corrected chi connectivity index (χ1v) is 31.9. The highest BCUT2D eigenvalue weighted by Gasteiger charge is 2.33. The molecule has 2 atom stereocenters. The second-order valence-electron chi connectivity index (χ2n) is 22.1. The number of amides is 2. The van der Waals surface area contributed by atoms with Crippen molar-refractivity contribution in [2.45, 2.75) is 91.2 Å². The SMILES string of the molecule is CCC.COC.Cc1ncsc1-c1ccc(NC=O)c(OCCOCCOCCCCCCN2CCN(CCCOc3ccc4c(Nc5ccc(Oc6ccccc6)cc5)c(C#N)cnc4c3)CC2)c1.O=C(CN1Cc2ccccc2C1=O)C1CCC(O)C1. The van der Waals surface area contributed by atoms with Crippen molar-refractivity contribution in [3.05, 3.63) is 149 Å². The molecule has 1 saturated heterocycles. The topological polar surface area (TPSA) is 210 Å². The Kier molecular flexibility index (Phi) is 29.3. The van der Waals surface area contributed by atoms with Crippen LogP contribution in [0.25, 0.3) is 21.3 Å². The lowest BCUT2D eigenvalue weighted by Gasteiger charge is -2.34. The molecular formula is C70H88N8O10S. The second kappa shape index (κ2) is 37.9. The molecule has 89 heavy (non-hydrogen) atoms. The summed E-state index contributed by atoms with van der Waals surface area (Å²) in [5.41, 5.74) is 8.91. The fourth-order valence-corrected chi connectivity index (χ4v) is 11.4. The number of carbonyl (C=O) groups excluding carboxylic acids is 3. The van der Waals surface area contributed by atoms with Crippen LogP contribution >= 0.6 is 11.3 Å². The van der Waals surface area contributed by atoms with Gasteiger partial charge in [-0.05, 0) is 130 Å². The third kappa shape index (κ3) is 22.0. The smallest absolute Gasteiger partial charge is 0.254 e. The van der Waals surface area contributed by atoms with Crippen LogP contribution in [0.2, 0.25) is 0 Å². The predicted molar refractivity (Wildman–Crippen MR) is 352 cm³/mol. The summed E-state index contributed by atoms with van der Waals surface area (Å²) >= 11 is 1.58. The van der Waals surface area contributed by atoms with Gasteiger partial charge in [0, 0.05) is 94.9 Å². The van der Waals surface area contributed by atoms with E-state index in [9.17, 15) is 24.8 Å². The molecule has 3 aliphatic rings. The number of aliphatic hydroxyl groups excluding tert-OH is 1. The van der Waals surface area contributed by atoms with Crippen molar-refractivity contribution in [2.75, 3.05) is 110 Å². The minimum absolute atomic E-state index is 0.0532. The first-order chi connectivity index (χ1) is 43.5. The molecule has 0 spiro atoms. The lowest BCUT2D eigenvalue weighted by atomic mass is 10.0. The van der Waals surface area contributed by atoms with Crippen molar-refractivity contribution < 1.29 is 47.9 Å². The van der Waals surface area contributed by atoms with Gasteiger partial charge in [0.15, 0.2) is 5.78 Å². The van der Waals surface area contributed by atoms with Gasteiger partial charge in [0.2, 0.25) is 6.41 Å². The molecule has 0 radical (unpaired) electrons. The number of piperazine rings is 1. The average Bonchev–Trinajstić information content (AvgIpc) is 3.57. The maximum absolute atomic E-state index is 12.1. The molecule has 7 aromatic rings. The zero-order valence-corrected chi connectivity index (χ0v) is 53.1. The quantitative estimate of drug-likeness (QED) is 0.0294. The molecule has 2 fully saturated rings.